The molecular weight excluding hydrogens is 346 g/mol. The van der Waals surface area contributed by atoms with E-state index in [0.29, 0.717) is 5.56 Å². The lowest BCUT2D eigenvalue weighted by Crippen LogP contribution is -2.38. The SMILES string of the molecule is Cc1ccccc1NC1=C(c2ccc([N+](=O)[O-])cc2)C(=O)N(C(C)C)C1=O. The maximum Gasteiger partial charge on any atom is 0.278 e. The molecule has 1 heterocycles. The number of non-ortho nitro benzene ring substituents is 1. The molecule has 1 aliphatic heterocycles. The molecule has 27 heavy (non-hydrogen) atoms. The molecule has 0 aliphatic carbocycles. The van der Waals surface area contributed by atoms with Gasteiger partial charge in [-0.05, 0) is 50.1 Å². The average Bonchev–Trinajstić information content (AvgIpc) is 2.87. The van der Waals surface area contributed by atoms with Crippen LogP contribution in [0.25, 0.3) is 5.57 Å². The van der Waals surface area contributed by atoms with E-state index >= 15 is 0 Å². The third-order valence-corrected chi connectivity index (χ3v) is 4.40. The lowest BCUT2D eigenvalue weighted by atomic mass is 10.0. The molecule has 3 rings (SSSR count). The molecule has 0 unspecified atom stereocenters. The minimum atomic E-state index is -0.507. The van der Waals surface area contributed by atoms with E-state index in [-0.39, 0.29) is 23.0 Å². The summed E-state index contributed by atoms with van der Waals surface area (Å²) in [5.74, 6) is -0.827. The number of anilines is 1. The topological polar surface area (TPSA) is 92.6 Å². The number of hydrogen-bond acceptors (Lipinski definition) is 5. The van der Waals surface area contributed by atoms with E-state index in [0.717, 1.165) is 11.3 Å². The smallest absolute Gasteiger partial charge is 0.278 e. The maximum absolute atomic E-state index is 12.9. The second kappa shape index (κ2) is 7.03. The van der Waals surface area contributed by atoms with E-state index in [4.69, 9.17) is 0 Å². The van der Waals surface area contributed by atoms with Crippen molar-refractivity contribution in [3.05, 3.63) is 75.5 Å². The number of nitrogens with one attached hydrogen (secondary N) is 1. The molecule has 7 nitrogen and oxygen atoms in total. The molecule has 2 aromatic carbocycles. The molecule has 2 amide bonds. The number of carbonyl (C=O) groups excluding carboxylic acids is 2. The Kier molecular flexibility index (Phi) is 4.77. The highest BCUT2D eigenvalue weighted by Gasteiger charge is 2.40. The van der Waals surface area contributed by atoms with Gasteiger partial charge in [-0.2, -0.15) is 0 Å². The molecule has 0 fully saturated rings. The fourth-order valence-corrected chi connectivity index (χ4v) is 3.00. The Morgan fingerprint density at radius 3 is 2.19 bits per heavy atom. The molecule has 1 aliphatic rings. The average molecular weight is 365 g/mol. The van der Waals surface area contributed by atoms with Crippen molar-refractivity contribution >= 4 is 28.8 Å². The Morgan fingerprint density at radius 1 is 1.00 bits per heavy atom. The van der Waals surface area contributed by atoms with Crippen LogP contribution in [0.3, 0.4) is 0 Å². The van der Waals surface area contributed by atoms with Gasteiger partial charge in [0.15, 0.2) is 0 Å². The van der Waals surface area contributed by atoms with E-state index in [1.807, 2.05) is 31.2 Å². The zero-order valence-corrected chi connectivity index (χ0v) is 15.2. The second-order valence-corrected chi connectivity index (χ2v) is 6.57. The van der Waals surface area contributed by atoms with E-state index in [9.17, 15) is 19.7 Å². The minimum absolute atomic E-state index is 0.0785. The van der Waals surface area contributed by atoms with Gasteiger partial charge in [-0.3, -0.25) is 24.6 Å². The Balaban J connectivity index is 2.11. The summed E-state index contributed by atoms with van der Waals surface area (Å²) in [6.45, 7) is 5.43. The predicted octanol–water partition coefficient (Wildman–Crippen LogP) is 3.50. The van der Waals surface area contributed by atoms with E-state index in [1.165, 1.54) is 29.2 Å². The number of carbonyl (C=O) groups is 2. The predicted molar refractivity (Wildman–Crippen MR) is 102 cm³/mol. The van der Waals surface area contributed by atoms with E-state index in [2.05, 4.69) is 5.32 Å². The van der Waals surface area contributed by atoms with Gasteiger partial charge < -0.3 is 5.32 Å². The first kappa shape index (κ1) is 18.3. The van der Waals surface area contributed by atoms with Crippen molar-refractivity contribution in [3.8, 4) is 0 Å². The largest absolute Gasteiger partial charge is 0.350 e. The molecule has 0 bridgehead atoms. The van der Waals surface area contributed by atoms with Crippen molar-refractivity contribution in [3.63, 3.8) is 0 Å². The third kappa shape index (κ3) is 3.31. The monoisotopic (exact) mass is 365 g/mol. The van der Waals surface area contributed by atoms with Crippen molar-refractivity contribution in [1.29, 1.82) is 0 Å². The molecular formula is C20H19N3O4. The van der Waals surface area contributed by atoms with E-state index < -0.39 is 16.7 Å². The Hall–Kier alpha value is -3.48. The highest BCUT2D eigenvalue weighted by molar-refractivity contribution is 6.36. The van der Waals surface area contributed by atoms with Crippen LogP contribution in [0.4, 0.5) is 11.4 Å². The summed E-state index contributed by atoms with van der Waals surface area (Å²) in [5, 5.41) is 14.0. The van der Waals surface area contributed by atoms with Crippen LogP contribution >= 0.6 is 0 Å². The summed E-state index contributed by atoms with van der Waals surface area (Å²) >= 11 is 0. The molecule has 0 spiro atoms. The summed E-state index contributed by atoms with van der Waals surface area (Å²) in [4.78, 5) is 37.4. The maximum atomic E-state index is 12.9. The van der Waals surface area contributed by atoms with Gasteiger partial charge in [-0.15, -0.1) is 0 Å². The molecule has 138 valence electrons. The number of para-hydroxylation sites is 1. The summed E-state index contributed by atoms with van der Waals surface area (Å²) in [6.07, 6.45) is 0. The standard InChI is InChI=1S/C20H19N3O4/c1-12(2)22-19(24)17(14-8-10-15(11-9-14)23(26)27)18(20(22)25)21-16-7-5-4-6-13(16)3/h4-12,21H,1-3H3. The first-order valence-corrected chi connectivity index (χ1v) is 8.51. The molecule has 7 heteroatoms. The number of nitrogens with zero attached hydrogens (tertiary/aromatic N) is 2. The van der Waals surface area contributed by atoms with Crippen LogP contribution in [0.15, 0.2) is 54.2 Å². The molecule has 0 aromatic heterocycles. The van der Waals surface area contributed by atoms with Crippen molar-refractivity contribution in [1.82, 2.24) is 4.90 Å². The van der Waals surface area contributed by atoms with Gasteiger partial charge in [0.05, 0.1) is 10.5 Å². The molecule has 0 radical (unpaired) electrons. The van der Waals surface area contributed by atoms with Crippen molar-refractivity contribution in [2.45, 2.75) is 26.8 Å². The van der Waals surface area contributed by atoms with Gasteiger partial charge in [0, 0.05) is 23.9 Å². The number of imide groups is 1. The van der Waals surface area contributed by atoms with Gasteiger partial charge in [0.25, 0.3) is 17.5 Å². The Morgan fingerprint density at radius 2 is 1.63 bits per heavy atom. The van der Waals surface area contributed by atoms with Gasteiger partial charge in [-0.25, -0.2) is 0 Å². The highest BCUT2D eigenvalue weighted by atomic mass is 16.6. The summed E-state index contributed by atoms with van der Waals surface area (Å²) < 4.78 is 0. The van der Waals surface area contributed by atoms with Crippen LogP contribution in [0.2, 0.25) is 0 Å². The minimum Gasteiger partial charge on any atom is -0.350 e. The normalized spacial score (nSPS) is 14.3. The number of amides is 2. The fourth-order valence-electron chi connectivity index (χ4n) is 3.00. The third-order valence-electron chi connectivity index (χ3n) is 4.40. The summed E-state index contributed by atoms with van der Waals surface area (Å²) in [7, 11) is 0. The Labute approximate surface area is 156 Å². The quantitative estimate of drug-likeness (QED) is 0.497. The number of aryl methyl sites for hydroxylation is 1. The second-order valence-electron chi connectivity index (χ2n) is 6.57. The lowest BCUT2D eigenvalue weighted by molar-refractivity contribution is -0.384. The van der Waals surface area contributed by atoms with Crippen molar-refractivity contribution in [2.24, 2.45) is 0 Å². The van der Waals surface area contributed by atoms with E-state index in [1.54, 1.807) is 13.8 Å². The van der Waals surface area contributed by atoms with Crippen molar-refractivity contribution < 1.29 is 14.5 Å². The van der Waals surface area contributed by atoms with Gasteiger partial charge in [0.2, 0.25) is 0 Å². The fraction of sp³-hybridized carbons (Fsp3) is 0.200. The van der Waals surface area contributed by atoms with Crippen LogP contribution in [-0.4, -0.2) is 27.7 Å². The lowest BCUT2D eigenvalue weighted by Gasteiger charge is -2.19. The van der Waals surface area contributed by atoms with Gasteiger partial charge in [0.1, 0.15) is 5.70 Å². The summed E-state index contributed by atoms with van der Waals surface area (Å²) in [5.41, 5.74) is 2.42. The molecule has 1 N–H and O–H groups in total. The van der Waals surface area contributed by atoms with Gasteiger partial charge >= 0.3 is 0 Å². The number of rotatable bonds is 5. The molecule has 2 aromatic rings. The van der Waals surface area contributed by atoms with Crippen LogP contribution in [0.1, 0.15) is 25.0 Å². The first-order valence-electron chi connectivity index (χ1n) is 8.51. The number of nitro benzene ring substituents is 1. The Bertz CT molecular complexity index is 961. The van der Waals surface area contributed by atoms with Crippen LogP contribution < -0.4 is 5.32 Å². The molecule has 0 saturated carbocycles. The van der Waals surface area contributed by atoms with Gasteiger partial charge in [-0.1, -0.05) is 18.2 Å². The number of nitro groups is 1. The van der Waals surface area contributed by atoms with Crippen LogP contribution in [0, 0.1) is 17.0 Å². The number of benzene rings is 2. The molecule has 0 saturated heterocycles. The van der Waals surface area contributed by atoms with Crippen LogP contribution in [-0.2, 0) is 9.59 Å². The first-order chi connectivity index (χ1) is 12.8. The van der Waals surface area contributed by atoms with Crippen LogP contribution in [0.5, 0.6) is 0 Å². The number of hydrogen-bond donors (Lipinski definition) is 1. The molecule has 0 atom stereocenters. The zero-order valence-electron chi connectivity index (χ0n) is 15.2. The van der Waals surface area contributed by atoms with Crippen molar-refractivity contribution in [2.75, 3.05) is 5.32 Å². The highest BCUT2D eigenvalue weighted by Crippen LogP contribution is 2.33. The summed E-state index contributed by atoms with van der Waals surface area (Å²) in [6, 6.07) is 12.8. The zero-order chi connectivity index (χ0) is 19.7.